The van der Waals surface area contributed by atoms with Gasteiger partial charge in [-0.05, 0) is 30.7 Å². The van der Waals surface area contributed by atoms with Crippen LogP contribution in [0.2, 0.25) is 5.02 Å². The van der Waals surface area contributed by atoms with Crippen molar-refractivity contribution in [2.45, 2.75) is 13.5 Å². The van der Waals surface area contributed by atoms with Gasteiger partial charge in [0.05, 0.1) is 22.8 Å². The molecule has 0 saturated heterocycles. The second-order valence-corrected chi connectivity index (χ2v) is 5.16. The fraction of sp³-hybridized carbons (Fsp3) is 0.200. The van der Waals surface area contributed by atoms with E-state index in [0.717, 1.165) is 28.0 Å². The number of imidazole rings is 1. The number of halogens is 1. The van der Waals surface area contributed by atoms with Gasteiger partial charge in [0.1, 0.15) is 5.82 Å². The molecule has 0 amide bonds. The Balaban J connectivity index is 2.01. The van der Waals surface area contributed by atoms with Gasteiger partial charge in [-0.15, -0.1) is 0 Å². The topological polar surface area (TPSA) is 42.7 Å². The number of nitrogens with zero attached hydrogens (tertiary/aromatic N) is 3. The van der Waals surface area contributed by atoms with E-state index in [2.05, 4.69) is 15.3 Å². The van der Waals surface area contributed by atoms with Crippen LogP contribution < -0.4 is 5.32 Å². The van der Waals surface area contributed by atoms with Crippen molar-refractivity contribution in [2.24, 2.45) is 7.05 Å². The van der Waals surface area contributed by atoms with Crippen LogP contribution in [0.4, 0.5) is 5.69 Å². The molecule has 2 aromatic heterocycles. The van der Waals surface area contributed by atoms with E-state index in [9.17, 15) is 0 Å². The van der Waals surface area contributed by atoms with Crippen LogP contribution in [-0.2, 0) is 13.6 Å². The zero-order valence-corrected chi connectivity index (χ0v) is 12.1. The molecule has 3 rings (SSSR count). The lowest BCUT2D eigenvalue weighted by atomic mass is 10.1. The number of hydrogen-bond donors (Lipinski definition) is 1. The van der Waals surface area contributed by atoms with Crippen molar-refractivity contribution in [3.8, 4) is 0 Å². The SMILES string of the molecule is Cc1cc(Cl)c(NCc2nccn2C)c2cccnc12. The zero-order valence-electron chi connectivity index (χ0n) is 11.4. The Labute approximate surface area is 122 Å². The van der Waals surface area contributed by atoms with Gasteiger partial charge in [-0.3, -0.25) is 4.98 Å². The van der Waals surface area contributed by atoms with E-state index < -0.39 is 0 Å². The van der Waals surface area contributed by atoms with Gasteiger partial charge in [-0.2, -0.15) is 0 Å². The summed E-state index contributed by atoms with van der Waals surface area (Å²) in [7, 11) is 1.97. The second-order valence-electron chi connectivity index (χ2n) is 4.76. The van der Waals surface area contributed by atoms with Crippen LogP contribution in [0, 0.1) is 6.92 Å². The van der Waals surface area contributed by atoms with Crippen LogP contribution >= 0.6 is 11.6 Å². The summed E-state index contributed by atoms with van der Waals surface area (Å²) in [5.41, 5.74) is 2.95. The van der Waals surface area contributed by atoms with Crippen molar-refractivity contribution >= 4 is 28.2 Å². The van der Waals surface area contributed by atoms with Gasteiger partial charge in [0.25, 0.3) is 0 Å². The van der Waals surface area contributed by atoms with Crippen LogP contribution in [0.3, 0.4) is 0 Å². The standard InChI is InChI=1S/C15H15ClN4/c1-10-8-12(16)15(11-4-3-5-18-14(10)11)19-9-13-17-6-7-20(13)2/h3-8,19H,9H2,1-2H3. The highest BCUT2D eigenvalue weighted by Crippen LogP contribution is 2.32. The van der Waals surface area contributed by atoms with Gasteiger partial charge in [0, 0.05) is 31.0 Å². The van der Waals surface area contributed by atoms with E-state index in [-0.39, 0.29) is 0 Å². The summed E-state index contributed by atoms with van der Waals surface area (Å²) in [5, 5.41) is 5.11. The maximum absolute atomic E-state index is 6.37. The molecular formula is C15H15ClN4. The Kier molecular flexibility index (Phi) is 3.32. The number of benzene rings is 1. The number of pyridine rings is 1. The number of anilines is 1. The normalized spacial score (nSPS) is 10.9. The highest BCUT2D eigenvalue weighted by Gasteiger charge is 2.10. The Morgan fingerprint density at radius 1 is 1.30 bits per heavy atom. The van der Waals surface area contributed by atoms with E-state index in [1.54, 1.807) is 12.4 Å². The first-order valence-corrected chi connectivity index (χ1v) is 6.78. The van der Waals surface area contributed by atoms with E-state index in [1.165, 1.54) is 0 Å². The predicted octanol–water partition coefficient (Wildman–Crippen LogP) is 3.54. The smallest absolute Gasteiger partial charge is 0.127 e. The summed E-state index contributed by atoms with van der Waals surface area (Å²) in [6, 6.07) is 5.89. The third kappa shape index (κ3) is 2.23. The van der Waals surface area contributed by atoms with Gasteiger partial charge in [-0.25, -0.2) is 4.98 Å². The summed E-state index contributed by atoms with van der Waals surface area (Å²) in [4.78, 5) is 8.73. The average Bonchev–Trinajstić information content (AvgIpc) is 2.84. The Bertz CT molecular complexity index is 764. The van der Waals surface area contributed by atoms with Crippen molar-refractivity contribution in [3.05, 3.63) is 53.2 Å². The number of hydrogen-bond acceptors (Lipinski definition) is 3. The number of nitrogens with one attached hydrogen (secondary N) is 1. The average molecular weight is 287 g/mol. The maximum atomic E-state index is 6.37. The largest absolute Gasteiger partial charge is 0.376 e. The summed E-state index contributed by atoms with van der Waals surface area (Å²) >= 11 is 6.37. The quantitative estimate of drug-likeness (QED) is 0.801. The van der Waals surface area contributed by atoms with Gasteiger partial charge >= 0.3 is 0 Å². The lowest BCUT2D eigenvalue weighted by Gasteiger charge is -2.13. The third-order valence-corrected chi connectivity index (χ3v) is 3.67. The zero-order chi connectivity index (χ0) is 14.1. The van der Waals surface area contributed by atoms with E-state index >= 15 is 0 Å². The number of rotatable bonds is 3. The minimum Gasteiger partial charge on any atom is -0.376 e. The van der Waals surface area contributed by atoms with Crippen molar-refractivity contribution in [2.75, 3.05) is 5.32 Å². The highest BCUT2D eigenvalue weighted by atomic mass is 35.5. The molecule has 20 heavy (non-hydrogen) atoms. The molecule has 0 aliphatic carbocycles. The third-order valence-electron chi connectivity index (χ3n) is 3.38. The molecule has 2 heterocycles. The molecule has 0 radical (unpaired) electrons. The van der Waals surface area contributed by atoms with Crippen molar-refractivity contribution in [1.29, 1.82) is 0 Å². The van der Waals surface area contributed by atoms with Crippen LogP contribution in [0.25, 0.3) is 10.9 Å². The number of aryl methyl sites for hydroxylation is 2. The molecule has 0 atom stereocenters. The highest BCUT2D eigenvalue weighted by molar-refractivity contribution is 6.35. The monoisotopic (exact) mass is 286 g/mol. The van der Waals surface area contributed by atoms with Gasteiger partial charge < -0.3 is 9.88 Å². The molecule has 0 aliphatic heterocycles. The molecule has 1 aromatic carbocycles. The first-order valence-electron chi connectivity index (χ1n) is 6.40. The molecule has 4 nitrogen and oxygen atoms in total. The van der Waals surface area contributed by atoms with E-state index in [1.807, 2.05) is 42.9 Å². The molecule has 0 aliphatic rings. The first-order chi connectivity index (χ1) is 9.66. The molecule has 0 saturated carbocycles. The predicted molar refractivity (Wildman–Crippen MR) is 82.0 cm³/mol. The fourth-order valence-corrected chi connectivity index (χ4v) is 2.63. The van der Waals surface area contributed by atoms with E-state index in [0.29, 0.717) is 11.6 Å². The number of fused-ring (bicyclic) bond motifs is 1. The van der Waals surface area contributed by atoms with Gasteiger partial charge in [0.15, 0.2) is 0 Å². The maximum Gasteiger partial charge on any atom is 0.127 e. The van der Waals surface area contributed by atoms with Crippen LogP contribution in [0.1, 0.15) is 11.4 Å². The first kappa shape index (κ1) is 12.9. The van der Waals surface area contributed by atoms with E-state index in [4.69, 9.17) is 11.6 Å². The Morgan fingerprint density at radius 2 is 2.15 bits per heavy atom. The minimum absolute atomic E-state index is 0.621. The Hall–Kier alpha value is -2.07. The molecular weight excluding hydrogens is 272 g/mol. The van der Waals surface area contributed by atoms with Crippen molar-refractivity contribution in [3.63, 3.8) is 0 Å². The van der Waals surface area contributed by atoms with Crippen molar-refractivity contribution < 1.29 is 0 Å². The minimum atomic E-state index is 0.621. The molecule has 1 N–H and O–H groups in total. The molecule has 0 fully saturated rings. The van der Waals surface area contributed by atoms with Crippen LogP contribution in [0.5, 0.6) is 0 Å². The molecule has 102 valence electrons. The van der Waals surface area contributed by atoms with Gasteiger partial charge in [0.2, 0.25) is 0 Å². The van der Waals surface area contributed by atoms with Crippen LogP contribution in [0.15, 0.2) is 36.8 Å². The lowest BCUT2D eigenvalue weighted by Crippen LogP contribution is -2.06. The van der Waals surface area contributed by atoms with Crippen molar-refractivity contribution in [1.82, 2.24) is 14.5 Å². The second kappa shape index (κ2) is 5.13. The Morgan fingerprint density at radius 3 is 2.90 bits per heavy atom. The van der Waals surface area contributed by atoms with Gasteiger partial charge in [-0.1, -0.05) is 11.6 Å². The summed E-state index contributed by atoms with van der Waals surface area (Å²) in [6.07, 6.45) is 5.51. The molecule has 0 unspecified atom stereocenters. The molecule has 3 aromatic rings. The molecule has 0 spiro atoms. The molecule has 0 bridgehead atoms. The number of aromatic nitrogens is 3. The summed E-state index contributed by atoms with van der Waals surface area (Å²) in [6.45, 7) is 2.64. The van der Waals surface area contributed by atoms with Crippen LogP contribution in [-0.4, -0.2) is 14.5 Å². The summed E-state index contributed by atoms with van der Waals surface area (Å²) in [5.74, 6) is 0.957. The molecule has 5 heteroatoms. The fourth-order valence-electron chi connectivity index (χ4n) is 2.29. The summed E-state index contributed by atoms with van der Waals surface area (Å²) < 4.78 is 1.98. The lowest BCUT2D eigenvalue weighted by molar-refractivity contribution is 0.813.